The van der Waals surface area contributed by atoms with E-state index in [2.05, 4.69) is 0 Å². The summed E-state index contributed by atoms with van der Waals surface area (Å²) in [5.41, 5.74) is 7.04. The second kappa shape index (κ2) is 8.39. The van der Waals surface area contributed by atoms with Crippen molar-refractivity contribution in [2.24, 2.45) is 5.73 Å². The Morgan fingerprint density at radius 3 is 2.14 bits per heavy atom. The predicted molar refractivity (Wildman–Crippen MR) is 85.9 cm³/mol. The van der Waals surface area contributed by atoms with Gasteiger partial charge in [0, 0.05) is 0 Å². The van der Waals surface area contributed by atoms with E-state index < -0.39 is 0 Å². The summed E-state index contributed by atoms with van der Waals surface area (Å²) in [5, 5.41) is 0. The highest BCUT2D eigenvalue weighted by Crippen LogP contribution is 2.22. The van der Waals surface area contributed by atoms with Crippen molar-refractivity contribution in [3.8, 4) is 11.5 Å². The van der Waals surface area contributed by atoms with Crippen molar-refractivity contribution in [3.63, 3.8) is 0 Å². The van der Waals surface area contributed by atoms with Crippen molar-refractivity contribution in [1.82, 2.24) is 0 Å². The third-order valence-corrected chi connectivity index (χ3v) is 3.50. The molecule has 0 aliphatic rings. The lowest BCUT2D eigenvalue weighted by Crippen LogP contribution is -2.15. The molecule has 4 heteroatoms. The SMILES string of the molecule is CCOc1ccc(C(CN)CCOc2ccc(F)cc2)cc1. The lowest BCUT2D eigenvalue weighted by atomic mass is 9.96. The van der Waals surface area contributed by atoms with Crippen LogP contribution in [0.4, 0.5) is 4.39 Å². The molecule has 22 heavy (non-hydrogen) atoms. The zero-order valence-corrected chi connectivity index (χ0v) is 12.8. The Hall–Kier alpha value is -2.07. The summed E-state index contributed by atoms with van der Waals surface area (Å²) in [6.45, 7) is 3.72. The predicted octanol–water partition coefficient (Wildman–Crippen LogP) is 3.74. The Labute approximate surface area is 130 Å². The van der Waals surface area contributed by atoms with Gasteiger partial charge in [0.1, 0.15) is 17.3 Å². The van der Waals surface area contributed by atoms with E-state index in [1.165, 1.54) is 17.7 Å². The molecule has 2 aromatic carbocycles. The molecular weight excluding hydrogens is 281 g/mol. The van der Waals surface area contributed by atoms with Crippen LogP contribution in [0.2, 0.25) is 0 Å². The van der Waals surface area contributed by atoms with E-state index in [4.69, 9.17) is 15.2 Å². The first-order valence-corrected chi connectivity index (χ1v) is 7.54. The van der Waals surface area contributed by atoms with Crippen LogP contribution in [0, 0.1) is 5.82 Å². The molecule has 2 aromatic rings. The zero-order valence-electron chi connectivity index (χ0n) is 12.8. The molecule has 0 amide bonds. The molecule has 0 radical (unpaired) electrons. The Morgan fingerprint density at radius 1 is 0.955 bits per heavy atom. The minimum Gasteiger partial charge on any atom is -0.494 e. The Balaban J connectivity index is 1.87. The summed E-state index contributed by atoms with van der Waals surface area (Å²) >= 11 is 0. The molecule has 0 heterocycles. The summed E-state index contributed by atoms with van der Waals surface area (Å²) in [5.74, 6) is 1.51. The average Bonchev–Trinajstić information content (AvgIpc) is 2.55. The van der Waals surface area contributed by atoms with Crippen molar-refractivity contribution in [2.75, 3.05) is 19.8 Å². The van der Waals surface area contributed by atoms with Gasteiger partial charge in [0.15, 0.2) is 0 Å². The Kier molecular flexibility index (Phi) is 6.22. The van der Waals surface area contributed by atoms with Gasteiger partial charge in [0.05, 0.1) is 13.2 Å². The molecule has 1 unspecified atom stereocenters. The Morgan fingerprint density at radius 2 is 1.55 bits per heavy atom. The topological polar surface area (TPSA) is 44.5 Å². The number of benzene rings is 2. The minimum absolute atomic E-state index is 0.233. The standard InChI is InChI=1S/C18H22FNO2/c1-2-21-17-7-3-14(4-8-17)15(13-20)11-12-22-18-9-5-16(19)6-10-18/h3-10,15H,2,11-13,20H2,1H3. The fourth-order valence-corrected chi connectivity index (χ4v) is 2.27. The first-order valence-electron chi connectivity index (χ1n) is 7.54. The maximum atomic E-state index is 12.8. The van der Waals surface area contributed by atoms with Gasteiger partial charge in [0.25, 0.3) is 0 Å². The van der Waals surface area contributed by atoms with Gasteiger partial charge < -0.3 is 15.2 Å². The van der Waals surface area contributed by atoms with Crippen LogP contribution in [-0.4, -0.2) is 19.8 Å². The van der Waals surface area contributed by atoms with Gasteiger partial charge in [-0.3, -0.25) is 0 Å². The lowest BCUT2D eigenvalue weighted by Gasteiger charge is -2.16. The van der Waals surface area contributed by atoms with Crippen LogP contribution in [0.3, 0.4) is 0 Å². The highest BCUT2D eigenvalue weighted by Gasteiger charge is 2.10. The van der Waals surface area contributed by atoms with Crippen LogP contribution in [0.25, 0.3) is 0 Å². The molecule has 0 aliphatic carbocycles. The molecule has 0 saturated heterocycles. The monoisotopic (exact) mass is 303 g/mol. The first-order chi connectivity index (χ1) is 10.7. The van der Waals surface area contributed by atoms with Crippen LogP contribution < -0.4 is 15.2 Å². The van der Waals surface area contributed by atoms with Crippen LogP contribution in [0.15, 0.2) is 48.5 Å². The molecule has 0 spiro atoms. The van der Waals surface area contributed by atoms with Gasteiger partial charge in [-0.25, -0.2) is 4.39 Å². The van der Waals surface area contributed by atoms with E-state index in [1.54, 1.807) is 12.1 Å². The van der Waals surface area contributed by atoms with E-state index in [9.17, 15) is 4.39 Å². The lowest BCUT2D eigenvalue weighted by molar-refractivity contribution is 0.298. The highest BCUT2D eigenvalue weighted by atomic mass is 19.1. The molecule has 0 aromatic heterocycles. The van der Waals surface area contributed by atoms with Gasteiger partial charge in [-0.1, -0.05) is 12.1 Å². The summed E-state index contributed by atoms with van der Waals surface area (Å²) in [4.78, 5) is 0. The second-order valence-corrected chi connectivity index (χ2v) is 5.03. The van der Waals surface area contributed by atoms with Crippen LogP contribution in [-0.2, 0) is 0 Å². The fraction of sp³-hybridized carbons (Fsp3) is 0.333. The first kappa shape index (κ1) is 16.3. The Bertz CT molecular complexity index is 554. The van der Waals surface area contributed by atoms with Crippen molar-refractivity contribution in [3.05, 3.63) is 59.9 Å². The molecular formula is C18H22FNO2. The summed E-state index contributed by atoms with van der Waals surface area (Å²) in [6.07, 6.45) is 0.807. The van der Waals surface area contributed by atoms with Crippen molar-refractivity contribution in [1.29, 1.82) is 0 Å². The van der Waals surface area contributed by atoms with Crippen molar-refractivity contribution >= 4 is 0 Å². The van der Waals surface area contributed by atoms with Gasteiger partial charge in [0.2, 0.25) is 0 Å². The molecule has 0 aliphatic heterocycles. The third-order valence-electron chi connectivity index (χ3n) is 3.50. The molecule has 2 rings (SSSR count). The number of nitrogens with two attached hydrogens (primary N) is 1. The number of hydrogen-bond donors (Lipinski definition) is 1. The second-order valence-electron chi connectivity index (χ2n) is 5.03. The molecule has 0 fully saturated rings. The van der Waals surface area contributed by atoms with E-state index in [0.29, 0.717) is 25.5 Å². The van der Waals surface area contributed by atoms with E-state index in [-0.39, 0.29) is 11.7 Å². The smallest absolute Gasteiger partial charge is 0.123 e. The van der Waals surface area contributed by atoms with Crippen LogP contribution >= 0.6 is 0 Å². The summed E-state index contributed by atoms with van der Waals surface area (Å²) in [6, 6.07) is 14.0. The normalized spacial score (nSPS) is 12.0. The minimum atomic E-state index is -0.262. The number of rotatable bonds is 8. The molecule has 1 atom stereocenters. The maximum absolute atomic E-state index is 12.8. The highest BCUT2D eigenvalue weighted by molar-refractivity contribution is 5.29. The quantitative estimate of drug-likeness (QED) is 0.808. The van der Waals surface area contributed by atoms with Gasteiger partial charge in [-0.15, -0.1) is 0 Å². The van der Waals surface area contributed by atoms with Crippen molar-refractivity contribution in [2.45, 2.75) is 19.3 Å². The van der Waals surface area contributed by atoms with E-state index in [1.807, 2.05) is 31.2 Å². The number of ether oxygens (including phenoxy) is 2. The van der Waals surface area contributed by atoms with E-state index >= 15 is 0 Å². The van der Waals surface area contributed by atoms with E-state index in [0.717, 1.165) is 12.2 Å². The average molecular weight is 303 g/mol. The molecule has 2 N–H and O–H groups in total. The van der Waals surface area contributed by atoms with Gasteiger partial charge in [-0.2, -0.15) is 0 Å². The zero-order chi connectivity index (χ0) is 15.8. The summed E-state index contributed by atoms with van der Waals surface area (Å²) in [7, 11) is 0. The molecule has 0 bridgehead atoms. The number of halogens is 1. The van der Waals surface area contributed by atoms with Crippen LogP contribution in [0.1, 0.15) is 24.8 Å². The number of hydrogen-bond acceptors (Lipinski definition) is 3. The fourth-order valence-electron chi connectivity index (χ4n) is 2.27. The molecule has 0 saturated carbocycles. The molecule has 3 nitrogen and oxygen atoms in total. The van der Waals surface area contributed by atoms with Gasteiger partial charge >= 0.3 is 0 Å². The molecule has 118 valence electrons. The largest absolute Gasteiger partial charge is 0.494 e. The third kappa shape index (κ3) is 4.74. The van der Waals surface area contributed by atoms with Gasteiger partial charge in [-0.05, 0) is 67.8 Å². The maximum Gasteiger partial charge on any atom is 0.123 e. The van der Waals surface area contributed by atoms with Crippen LogP contribution in [0.5, 0.6) is 11.5 Å². The summed E-state index contributed by atoms with van der Waals surface area (Å²) < 4.78 is 23.9. The van der Waals surface area contributed by atoms with Crippen molar-refractivity contribution < 1.29 is 13.9 Å².